The number of ether oxygens (including phenoxy) is 4. The van der Waals surface area contributed by atoms with Crippen LogP contribution in [0.5, 0.6) is 5.75 Å². The number of rotatable bonds is 6. The molecule has 59 heavy (non-hydrogen) atoms. The van der Waals surface area contributed by atoms with Crippen molar-refractivity contribution >= 4 is 34.5 Å². The van der Waals surface area contributed by atoms with E-state index >= 15 is 4.79 Å². The molecule has 11 atom stereocenters. The van der Waals surface area contributed by atoms with Gasteiger partial charge in [0.05, 0.1) is 27.4 Å². The van der Waals surface area contributed by atoms with Gasteiger partial charge in [-0.15, -0.1) is 0 Å². The Morgan fingerprint density at radius 2 is 1.75 bits per heavy atom. The molecule has 0 radical (unpaired) electrons. The molecule has 3 aromatic rings. The van der Waals surface area contributed by atoms with E-state index in [4.69, 9.17) is 18.9 Å². The second kappa shape index (κ2) is 13.6. The molecule has 1 spiro atoms. The summed E-state index contributed by atoms with van der Waals surface area (Å²) in [4.78, 5) is 53.8. The molecule has 2 aliphatic carbocycles. The third-order valence-electron chi connectivity index (χ3n) is 16.5. The average molecular weight is 807 g/mol. The highest BCUT2D eigenvalue weighted by Crippen LogP contribution is 2.68. The number of para-hydroxylation sites is 1. The standard InChI is InChI=1S/C47H58N4O8/c1-7-44-17-11-19-51-21-18-45(39(44)51)33-22-34(37(56-4)23-36(33)49(3)40(45)47(55,43(54)58-6)41(44)59-27(2)52)46(42(53)57-5)24-29-26-50(25-28-12-10-14-30(28)29)20-16-32-31-13-8-9-15-35(31)48-38(32)46/h8-9,11,13,15,17,22-23,28-30,39-41,48,55H,7,10,12,14,16,18-21,24-26H2,1-6H3/t28-,29+,30-,39-,40+,41+,44+,45+,46-,47-/m0/s1. The molecule has 10 rings (SSSR count). The number of fused-ring (bicyclic) bond motifs is 8. The van der Waals surface area contributed by atoms with Gasteiger partial charge < -0.3 is 38.8 Å². The summed E-state index contributed by atoms with van der Waals surface area (Å²) in [5.41, 5.74) is 0.0488. The number of carbonyl (C=O) groups excluding carboxylic acids is 3. The van der Waals surface area contributed by atoms with Crippen molar-refractivity contribution in [3.05, 3.63) is 70.9 Å². The number of methoxy groups -OCH3 is 3. The number of hydrogen-bond acceptors (Lipinski definition) is 11. The molecule has 6 heterocycles. The Kier molecular flexibility index (Phi) is 8.91. The molecule has 2 saturated carbocycles. The SMILES string of the molecule is CC[C@]12C=CCN3CC[C@@]4(c5cc([C@@]6(C(=O)OC)C[C@@H]7CN(CCc8c6[nH]c6ccccc86)C[C@@H]6CCC[C@@H]67)c(OC)cc5N(C)[C@H]4[C@@](O)(C(=O)OC)[C@@H]1OC(C)=O)[C@@H]32. The number of H-pyrrole nitrogens is 1. The predicted octanol–water partition coefficient (Wildman–Crippen LogP) is 4.88. The van der Waals surface area contributed by atoms with Crippen molar-refractivity contribution < 1.29 is 38.4 Å². The maximum atomic E-state index is 15.4. The van der Waals surface area contributed by atoms with Gasteiger partial charge in [-0.2, -0.15) is 0 Å². The fourth-order valence-corrected chi connectivity index (χ4v) is 14.6. The molecule has 314 valence electrons. The van der Waals surface area contributed by atoms with Crippen LogP contribution in [0, 0.1) is 23.2 Å². The molecule has 12 heteroatoms. The second-order valence-electron chi connectivity index (χ2n) is 18.7. The van der Waals surface area contributed by atoms with E-state index in [1.165, 1.54) is 34.0 Å². The minimum Gasteiger partial charge on any atom is -0.496 e. The smallest absolute Gasteiger partial charge is 0.344 e. The fourth-order valence-electron chi connectivity index (χ4n) is 14.6. The van der Waals surface area contributed by atoms with E-state index in [-0.39, 0.29) is 17.9 Å². The van der Waals surface area contributed by atoms with Crippen molar-refractivity contribution in [2.24, 2.45) is 23.2 Å². The number of nitrogens with one attached hydrogen (secondary N) is 1. The largest absolute Gasteiger partial charge is 0.496 e. The molecule has 4 fully saturated rings. The summed E-state index contributed by atoms with van der Waals surface area (Å²) in [6, 6.07) is 11.4. The monoisotopic (exact) mass is 806 g/mol. The second-order valence-corrected chi connectivity index (χ2v) is 18.7. The number of anilines is 1. The first-order valence-electron chi connectivity index (χ1n) is 21.7. The molecule has 7 aliphatic rings. The number of aliphatic hydroxyl groups is 1. The normalized spacial score (nSPS) is 37.9. The van der Waals surface area contributed by atoms with E-state index in [2.05, 4.69) is 51.2 Å². The first-order chi connectivity index (χ1) is 28.4. The Hall–Kier alpha value is -4.39. The number of carbonyl (C=O) groups is 3. The van der Waals surface area contributed by atoms with E-state index in [1.807, 2.05) is 31.0 Å². The van der Waals surface area contributed by atoms with Crippen LogP contribution in [0.25, 0.3) is 10.9 Å². The minimum absolute atomic E-state index is 0.223. The van der Waals surface area contributed by atoms with Crippen LogP contribution in [0.15, 0.2) is 48.6 Å². The van der Waals surface area contributed by atoms with Crippen LogP contribution in [0.1, 0.15) is 74.8 Å². The zero-order valence-electron chi connectivity index (χ0n) is 35.2. The Morgan fingerprint density at radius 3 is 2.49 bits per heavy atom. The number of esters is 3. The highest BCUT2D eigenvalue weighted by Gasteiger charge is 2.80. The first-order valence-corrected chi connectivity index (χ1v) is 21.7. The summed E-state index contributed by atoms with van der Waals surface area (Å²) < 4.78 is 24.2. The Morgan fingerprint density at radius 1 is 0.966 bits per heavy atom. The Bertz CT molecular complexity index is 2270. The number of likely N-dealkylation sites (N-methyl/N-ethyl adjacent to an activating group) is 1. The third kappa shape index (κ3) is 4.91. The lowest BCUT2D eigenvalue weighted by atomic mass is 9.47. The van der Waals surface area contributed by atoms with Gasteiger partial charge >= 0.3 is 17.9 Å². The highest BCUT2D eigenvalue weighted by molar-refractivity contribution is 5.95. The number of hydrogen-bond donors (Lipinski definition) is 2. The summed E-state index contributed by atoms with van der Waals surface area (Å²) in [5, 5.41) is 14.5. The number of aromatic amines is 1. The Balaban J connectivity index is 1.28. The minimum atomic E-state index is -2.27. The van der Waals surface area contributed by atoms with Crippen LogP contribution in [0.2, 0.25) is 0 Å². The van der Waals surface area contributed by atoms with Gasteiger partial charge in [0.2, 0.25) is 5.60 Å². The summed E-state index contributed by atoms with van der Waals surface area (Å²) >= 11 is 0. The van der Waals surface area contributed by atoms with Gasteiger partial charge in [0.1, 0.15) is 11.2 Å². The summed E-state index contributed by atoms with van der Waals surface area (Å²) in [6.07, 6.45) is 8.90. The third-order valence-corrected chi connectivity index (χ3v) is 16.5. The molecule has 2 aromatic carbocycles. The van der Waals surface area contributed by atoms with Crippen LogP contribution in [0.3, 0.4) is 0 Å². The molecular formula is C47H58N4O8. The van der Waals surface area contributed by atoms with Crippen molar-refractivity contribution in [2.75, 3.05) is 66.0 Å². The van der Waals surface area contributed by atoms with Gasteiger partial charge in [-0.25, -0.2) is 4.79 Å². The van der Waals surface area contributed by atoms with E-state index in [1.54, 1.807) is 7.11 Å². The number of benzene rings is 2. The van der Waals surface area contributed by atoms with Gasteiger partial charge in [-0.05, 0) is 86.1 Å². The molecular weight excluding hydrogens is 749 g/mol. The van der Waals surface area contributed by atoms with Crippen LogP contribution in [-0.2, 0) is 45.8 Å². The molecule has 2 bridgehead atoms. The van der Waals surface area contributed by atoms with Crippen molar-refractivity contribution in [1.29, 1.82) is 0 Å². The summed E-state index contributed by atoms with van der Waals surface area (Å²) in [5.74, 6) is 0.0745. The average Bonchev–Trinajstić information content (AvgIpc) is 4.03. The van der Waals surface area contributed by atoms with Crippen molar-refractivity contribution in [3.63, 3.8) is 0 Å². The molecule has 12 nitrogen and oxygen atoms in total. The number of aromatic nitrogens is 1. The molecule has 2 N–H and O–H groups in total. The predicted molar refractivity (Wildman–Crippen MR) is 221 cm³/mol. The quantitative estimate of drug-likeness (QED) is 0.201. The summed E-state index contributed by atoms with van der Waals surface area (Å²) in [6.45, 7) is 7.65. The van der Waals surface area contributed by atoms with E-state index < -0.39 is 45.9 Å². The van der Waals surface area contributed by atoms with Crippen molar-refractivity contribution in [1.82, 2.24) is 14.8 Å². The highest BCUT2D eigenvalue weighted by atomic mass is 16.6. The van der Waals surface area contributed by atoms with Crippen LogP contribution < -0.4 is 9.64 Å². The zero-order chi connectivity index (χ0) is 41.2. The lowest BCUT2D eigenvalue weighted by molar-refractivity contribution is -0.228. The lowest BCUT2D eigenvalue weighted by Crippen LogP contribution is -2.81. The Labute approximate surface area is 346 Å². The van der Waals surface area contributed by atoms with Gasteiger partial charge in [-0.1, -0.05) is 43.7 Å². The number of nitrogens with zero attached hydrogens (tertiary/aromatic N) is 3. The molecule has 1 unspecified atom stereocenters. The van der Waals surface area contributed by atoms with Crippen LogP contribution in [0.4, 0.5) is 5.69 Å². The molecule has 5 aliphatic heterocycles. The van der Waals surface area contributed by atoms with Gasteiger partial charge in [0.25, 0.3) is 0 Å². The first kappa shape index (κ1) is 38.8. The zero-order valence-corrected chi connectivity index (χ0v) is 35.2. The maximum Gasteiger partial charge on any atom is 0.344 e. The molecule has 2 saturated heterocycles. The van der Waals surface area contributed by atoms with Crippen LogP contribution >= 0.6 is 0 Å². The van der Waals surface area contributed by atoms with Gasteiger partial charge in [-0.3, -0.25) is 14.5 Å². The van der Waals surface area contributed by atoms with Crippen LogP contribution in [-0.4, -0.2) is 123 Å². The van der Waals surface area contributed by atoms with Gasteiger partial charge in [0.15, 0.2) is 6.10 Å². The van der Waals surface area contributed by atoms with Gasteiger partial charge in [0, 0.05) is 90.9 Å². The number of piperidine rings is 1. The molecule has 1 aromatic heterocycles. The van der Waals surface area contributed by atoms with E-state index in [9.17, 15) is 14.7 Å². The fraction of sp³-hybridized carbons (Fsp3) is 0.596. The van der Waals surface area contributed by atoms with E-state index in [0.717, 1.165) is 71.5 Å². The van der Waals surface area contributed by atoms with E-state index in [0.29, 0.717) is 49.9 Å². The topological polar surface area (TPSA) is 134 Å². The lowest BCUT2D eigenvalue weighted by Gasteiger charge is -2.63. The maximum absolute atomic E-state index is 15.4. The summed E-state index contributed by atoms with van der Waals surface area (Å²) in [7, 11) is 6.33. The van der Waals surface area contributed by atoms with Crippen molar-refractivity contribution in [3.8, 4) is 5.75 Å². The molecule has 0 amide bonds. The van der Waals surface area contributed by atoms with Crippen molar-refractivity contribution in [2.45, 2.75) is 93.4 Å².